The number of aromatic nitrogens is 4. The number of hydrogen-bond donors (Lipinski definition) is 1. The predicted octanol–water partition coefficient (Wildman–Crippen LogP) is 2.75. The quantitative estimate of drug-likeness (QED) is 0.744. The average molecular weight is 391 g/mol. The molecule has 1 aliphatic heterocycles. The van der Waals surface area contributed by atoms with Gasteiger partial charge in [0.05, 0.1) is 18.9 Å². The molecule has 28 heavy (non-hydrogen) atoms. The Balaban J connectivity index is 1.40. The van der Waals surface area contributed by atoms with E-state index in [1.54, 1.807) is 4.57 Å². The predicted molar refractivity (Wildman–Crippen MR) is 96.4 cm³/mol. The molecule has 1 amide bonds. The Morgan fingerprint density at radius 3 is 2.86 bits per heavy atom. The Bertz CT molecular complexity index is 1020. The van der Waals surface area contributed by atoms with Crippen LogP contribution in [0.25, 0.3) is 10.9 Å². The maximum atomic E-state index is 12.9. The molecule has 6 nitrogen and oxygen atoms in total. The molecule has 2 aromatic heterocycles. The lowest BCUT2D eigenvalue weighted by molar-refractivity contribution is -0.179. The Kier molecular flexibility index (Phi) is 4.60. The van der Waals surface area contributed by atoms with E-state index in [9.17, 15) is 18.0 Å². The number of fused-ring (bicyclic) bond motifs is 2. The SMILES string of the molecule is Cn1cc(CC(=O)NCc2nnc3n2CC[C@H](C(F)(F)F)C3)c2ccccc21. The third kappa shape index (κ3) is 3.48. The monoisotopic (exact) mass is 391 g/mol. The fourth-order valence-corrected chi connectivity index (χ4v) is 3.78. The fraction of sp³-hybridized carbons (Fsp3) is 0.421. The summed E-state index contributed by atoms with van der Waals surface area (Å²) in [5, 5.41) is 11.7. The van der Waals surface area contributed by atoms with Gasteiger partial charge in [-0.2, -0.15) is 13.2 Å². The molecule has 1 aliphatic rings. The Labute approximate surface area is 159 Å². The number of nitrogens with zero attached hydrogens (tertiary/aromatic N) is 4. The van der Waals surface area contributed by atoms with Gasteiger partial charge in [-0.1, -0.05) is 18.2 Å². The van der Waals surface area contributed by atoms with Crippen molar-refractivity contribution in [1.82, 2.24) is 24.6 Å². The molecular weight excluding hydrogens is 371 g/mol. The van der Waals surface area contributed by atoms with E-state index in [0.29, 0.717) is 11.6 Å². The van der Waals surface area contributed by atoms with Crippen LogP contribution in [0.5, 0.6) is 0 Å². The van der Waals surface area contributed by atoms with Crippen molar-refractivity contribution in [3.05, 3.63) is 47.7 Å². The van der Waals surface area contributed by atoms with Gasteiger partial charge in [0.1, 0.15) is 5.82 Å². The van der Waals surface area contributed by atoms with E-state index in [1.165, 1.54) is 0 Å². The van der Waals surface area contributed by atoms with Crippen LogP contribution < -0.4 is 5.32 Å². The largest absolute Gasteiger partial charge is 0.392 e. The number of nitrogens with one attached hydrogen (secondary N) is 1. The number of aryl methyl sites for hydroxylation is 1. The van der Waals surface area contributed by atoms with E-state index in [2.05, 4.69) is 15.5 Å². The highest BCUT2D eigenvalue weighted by Gasteiger charge is 2.42. The zero-order chi connectivity index (χ0) is 19.9. The van der Waals surface area contributed by atoms with Gasteiger partial charge in [-0.15, -0.1) is 10.2 Å². The van der Waals surface area contributed by atoms with Crippen molar-refractivity contribution in [1.29, 1.82) is 0 Å². The molecule has 0 bridgehead atoms. The highest BCUT2D eigenvalue weighted by atomic mass is 19.4. The number of halogens is 3. The molecule has 0 fully saturated rings. The lowest BCUT2D eigenvalue weighted by Gasteiger charge is -2.25. The molecule has 0 aliphatic carbocycles. The topological polar surface area (TPSA) is 64.7 Å². The fourth-order valence-electron chi connectivity index (χ4n) is 3.78. The molecular formula is C19H20F3N5O. The lowest BCUT2D eigenvalue weighted by atomic mass is 9.97. The summed E-state index contributed by atoms with van der Waals surface area (Å²) >= 11 is 0. The van der Waals surface area contributed by atoms with Crippen LogP contribution in [0.3, 0.4) is 0 Å². The van der Waals surface area contributed by atoms with Crippen LogP contribution >= 0.6 is 0 Å². The molecule has 0 saturated heterocycles. The normalized spacial score (nSPS) is 16.9. The van der Waals surface area contributed by atoms with Crippen LogP contribution in [0.4, 0.5) is 13.2 Å². The number of para-hydroxylation sites is 1. The van der Waals surface area contributed by atoms with Gasteiger partial charge in [0.2, 0.25) is 5.91 Å². The standard InChI is InChI=1S/C19H20F3N5O/c1-26-11-12(14-4-2-3-5-15(14)26)8-18(28)23-10-17-25-24-16-9-13(19(20,21)22)6-7-27(16)17/h2-5,11,13H,6-10H2,1H3,(H,23,28)/t13-/m0/s1. The smallest absolute Gasteiger partial charge is 0.350 e. The van der Waals surface area contributed by atoms with Crippen molar-refractivity contribution in [3.63, 3.8) is 0 Å². The first-order valence-corrected chi connectivity index (χ1v) is 9.10. The second kappa shape index (κ2) is 6.96. The third-order valence-electron chi connectivity index (χ3n) is 5.27. The number of alkyl halides is 3. The number of carbonyl (C=O) groups is 1. The van der Waals surface area contributed by atoms with Gasteiger partial charge in [-0.25, -0.2) is 0 Å². The van der Waals surface area contributed by atoms with Crippen molar-refractivity contribution in [3.8, 4) is 0 Å². The van der Waals surface area contributed by atoms with Crippen molar-refractivity contribution >= 4 is 16.8 Å². The van der Waals surface area contributed by atoms with E-state index in [0.717, 1.165) is 16.5 Å². The second-order valence-electron chi connectivity index (χ2n) is 7.15. The van der Waals surface area contributed by atoms with Crippen LogP contribution in [0, 0.1) is 5.92 Å². The van der Waals surface area contributed by atoms with Gasteiger partial charge in [-0.3, -0.25) is 4.79 Å². The van der Waals surface area contributed by atoms with Gasteiger partial charge >= 0.3 is 6.18 Å². The molecule has 3 aromatic rings. The molecule has 3 heterocycles. The zero-order valence-electron chi connectivity index (χ0n) is 15.3. The van der Waals surface area contributed by atoms with E-state index in [-0.39, 0.29) is 38.3 Å². The number of hydrogen-bond acceptors (Lipinski definition) is 3. The summed E-state index contributed by atoms with van der Waals surface area (Å²) in [5.41, 5.74) is 1.97. The first-order valence-electron chi connectivity index (χ1n) is 9.10. The van der Waals surface area contributed by atoms with E-state index < -0.39 is 12.1 Å². The van der Waals surface area contributed by atoms with Crippen LogP contribution in [0.15, 0.2) is 30.5 Å². The van der Waals surface area contributed by atoms with Gasteiger partial charge in [0, 0.05) is 37.1 Å². The van der Waals surface area contributed by atoms with Crippen LogP contribution in [0.1, 0.15) is 23.6 Å². The molecule has 9 heteroatoms. The average Bonchev–Trinajstić information content (AvgIpc) is 3.20. The Morgan fingerprint density at radius 2 is 2.07 bits per heavy atom. The van der Waals surface area contributed by atoms with Crippen molar-refractivity contribution in [2.45, 2.75) is 38.5 Å². The van der Waals surface area contributed by atoms with E-state index >= 15 is 0 Å². The van der Waals surface area contributed by atoms with Crippen LogP contribution in [0.2, 0.25) is 0 Å². The lowest BCUT2D eigenvalue weighted by Crippen LogP contribution is -2.32. The van der Waals surface area contributed by atoms with Gasteiger partial charge in [0.25, 0.3) is 0 Å². The van der Waals surface area contributed by atoms with Crippen LogP contribution in [-0.2, 0) is 37.8 Å². The van der Waals surface area contributed by atoms with E-state index in [4.69, 9.17) is 0 Å². The number of benzene rings is 1. The molecule has 1 aromatic carbocycles. The van der Waals surface area contributed by atoms with Crippen molar-refractivity contribution in [2.24, 2.45) is 13.0 Å². The third-order valence-corrected chi connectivity index (χ3v) is 5.27. The Morgan fingerprint density at radius 1 is 1.29 bits per heavy atom. The summed E-state index contributed by atoms with van der Waals surface area (Å²) in [6.07, 6.45) is -2.23. The zero-order valence-corrected chi connectivity index (χ0v) is 15.3. The molecule has 1 atom stereocenters. The van der Waals surface area contributed by atoms with Crippen molar-refractivity contribution in [2.75, 3.05) is 0 Å². The number of amides is 1. The molecule has 1 N–H and O–H groups in total. The summed E-state index contributed by atoms with van der Waals surface area (Å²) < 4.78 is 42.4. The molecule has 4 rings (SSSR count). The van der Waals surface area contributed by atoms with E-state index in [1.807, 2.05) is 42.1 Å². The summed E-state index contributed by atoms with van der Waals surface area (Å²) in [4.78, 5) is 12.4. The molecule has 0 spiro atoms. The van der Waals surface area contributed by atoms with Crippen molar-refractivity contribution < 1.29 is 18.0 Å². The minimum atomic E-state index is -4.22. The molecule has 0 unspecified atom stereocenters. The molecule has 0 radical (unpaired) electrons. The van der Waals surface area contributed by atoms with Crippen LogP contribution in [-0.4, -0.2) is 31.4 Å². The highest BCUT2D eigenvalue weighted by Crippen LogP contribution is 2.34. The highest BCUT2D eigenvalue weighted by molar-refractivity contribution is 5.89. The number of rotatable bonds is 4. The minimum Gasteiger partial charge on any atom is -0.350 e. The summed E-state index contributed by atoms with van der Waals surface area (Å²) in [5.74, 6) is -0.732. The van der Waals surface area contributed by atoms with Gasteiger partial charge in [-0.05, 0) is 18.1 Å². The maximum Gasteiger partial charge on any atom is 0.392 e. The number of carbonyl (C=O) groups excluding carboxylic acids is 1. The summed E-state index contributed by atoms with van der Waals surface area (Å²) in [6.45, 7) is 0.355. The maximum absolute atomic E-state index is 12.9. The first kappa shape index (κ1) is 18.5. The summed E-state index contributed by atoms with van der Waals surface area (Å²) in [7, 11) is 1.93. The Hall–Kier alpha value is -2.84. The molecule has 0 saturated carbocycles. The van der Waals surface area contributed by atoms with Gasteiger partial charge in [0.15, 0.2) is 5.82 Å². The molecule has 148 valence electrons. The first-order chi connectivity index (χ1) is 13.3. The minimum absolute atomic E-state index is 0.00545. The van der Waals surface area contributed by atoms with Gasteiger partial charge < -0.3 is 14.5 Å². The summed E-state index contributed by atoms with van der Waals surface area (Å²) in [6, 6.07) is 7.85. The second-order valence-corrected chi connectivity index (χ2v) is 7.15.